The van der Waals surface area contributed by atoms with Gasteiger partial charge in [0.25, 0.3) is 0 Å². The second-order valence-corrected chi connectivity index (χ2v) is 5.06. The van der Waals surface area contributed by atoms with Gasteiger partial charge < -0.3 is 19.9 Å². The second kappa shape index (κ2) is 5.65. The number of rotatable bonds is 3. The van der Waals surface area contributed by atoms with E-state index < -0.39 is 23.7 Å². The Morgan fingerprint density at radius 1 is 1.33 bits per heavy atom. The van der Waals surface area contributed by atoms with Crippen molar-refractivity contribution in [2.45, 2.75) is 26.2 Å². The molecule has 21 heavy (non-hydrogen) atoms. The van der Waals surface area contributed by atoms with Gasteiger partial charge in [0.1, 0.15) is 0 Å². The van der Waals surface area contributed by atoms with Gasteiger partial charge in [-0.25, -0.2) is 0 Å². The maximum absolute atomic E-state index is 12.9. The van der Waals surface area contributed by atoms with Crippen molar-refractivity contribution in [3.8, 4) is 11.5 Å². The predicted molar refractivity (Wildman–Crippen MR) is 72.6 cm³/mol. The number of ether oxygens (including phenoxy) is 3. The number of benzene rings is 1. The van der Waals surface area contributed by atoms with Crippen molar-refractivity contribution < 1.29 is 27.8 Å². The number of nitrogens with two attached hydrogens (primary N) is 1. The van der Waals surface area contributed by atoms with E-state index in [0.29, 0.717) is 5.56 Å². The maximum Gasteiger partial charge on any atom is 0.586 e. The molecule has 1 aromatic carbocycles. The van der Waals surface area contributed by atoms with Gasteiger partial charge >= 0.3 is 12.3 Å². The number of hydrogen-bond donors (Lipinski definition) is 1. The van der Waals surface area contributed by atoms with Crippen LogP contribution in [0.25, 0.3) is 0 Å². The molecule has 0 unspecified atom stereocenters. The smallest absolute Gasteiger partial charge is 0.469 e. The van der Waals surface area contributed by atoms with E-state index >= 15 is 0 Å². The van der Waals surface area contributed by atoms with E-state index in [0.717, 1.165) is 0 Å². The molecule has 0 aromatic heterocycles. The number of fused-ring (bicyclic) bond motifs is 1. The van der Waals surface area contributed by atoms with Crippen LogP contribution in [0.15, 0.2) is 18.2 Å². The average Bonchev–Trinajstić information content (AvgIpc) is 2.69. The molecule has 1 aliphatic heterocycles. The molecule has 0 fully saturated rings. The zero-order valence-electron chi connectivity index (χ0n) is 11.7. The zero-order valence-corrected chi connectivity index (χ0v) is 12.5. The van der Waals surface area contributed by atoms with E-state index in [-0.39, 0.29) is 23.9 Å². The maximum atomic E-state index is 12.9. The molecule has 8 heteroatoms. The van der Waals surface area contributed by atoms with Crippen LogP contribution in [0.2, 0.25) is 0 Å². The summed E-state index contributed by atoms with van der Waals surface area (Å²) in [6.45, 7) is 3.23. The Labute approximate surface area is 126 Å². The molecule has 0 saturated carbocycles. The summed E-state index contributed by atoms with van der Waals surface area (Å²) in [4.78, 5) is 11.7. The normalized spacial score (nSPS) is 16.9. The first-order valence-electron chi connectivity index (χ1n) is 5.91. The lowest BCUT2D eigenvalue weighted by Gasteiger charge is -2.28. The summed E-state index contributed by atoms with van der Waals surface area (Å²) in [6, 6.07) is 3.45. The summed E-state index contributed by atoms with van der Waals surface area (Å²) in [5, 5.41) is 0. The highest BCUT2D eigenvalue weighted by molar-refractivity contribution is 5.85. The van der Waals surface area contributed by atoms with Crippen LogP contribution in [0, 0.1) is 5.41 Å². The highest BCUT2D eigenvalue weighted by atomic mass is 35.5. The minimum atomic E-state index is -3.68. The van der Waals surface area contributed by atoms with Crippen molar-refractivity contribution >= 4 is 18.4 Å². The number of halogens is 3. The highest BCUT2D eigenvalue weighted by Crippen LogP contribution is 2.43. The van der Waals surface area contributed by atoms with Gasteiger partial charge in [0.05, 0.1) is 12.5 Å². The number of carbonyl (C=O) groups is 1. The summed E-state index contributed by atoms with van der Waals surface area (Å²) in [5.41, 5.74) is 5.49. The first-order valence-corrected chi connectivity index (χ1v) is 5.91. The van der Waals surface area contributed by atoms with Gasteiger partial charge in [0.2, 0.25) is 0 Å². The molecule has 1 aromatic rings. The Bertz CT molecular complexity index is 551. The summed E-state index contributed by atoms with van der Waals surface area (Å²) >= 11 is 0. The second-order valence-electron chi connectivity index (χ2n) is 5.06. The number of esters is 1. The van der Waals surface area contributed by atoms with E-state index in [1.807, 2.05) is 0 Å². The molecule has 0 radical (unpaired) electrons. The number of hydrogen-bond acceptors (Lipinski definition) is 5. The van der Waals surface area contributed by atoms with Crippen LogP contribution in [-0.4, -0.2) is 19.4 Å². The van der Waals surface area contributed by atoms with Crippen molar-refractivity contribution in [2.24, 2.45) is 11.1 Å². The molecule has 0 saturated heterocycles. The minimum Gasteiger partial charge on any atom is -0.469 e. The molecule has 118 valence electrons. The molecule has 1 atom stereocenters. The minimum absolute atomic E-state index is 0. The number of carbonyl (C=O) groups excluding carboxylic acids is 1. The summed E-state index contributed by atoms with van der Waals surface area (Å²) in [5.74, 6) is -0.668. The van der Waals surface area contributed by atoms with Crippen LogP contribution >= 0.6 is 12.4 Å². The van der Waals surface area contributed by atoms with E-state index in [4.69, 9.17) is 5.73 Å². The molecule has 0 bridgehead atoms. The Morgan fingerprint density at radius 2 is 1.90 bits per heavy atom. The van der Waals surface area contributed by atoms with Gasteiger partial charge in [-0.1, -0.05) is 6.07 Å². The SMILES string of the molecule is COC(=O)C(C)(C)[C@@H](N)c1ccc2c(c1)OC(F)(F)O2.Cl. The van der Waals surface area contributed by atoms with Gasteiger partial charge in [-0.3, -0.25) is 4.79 Å². The lowest BCUT2D eigenvalue weighted by Crippen LogP contribution is -2.37. The van der Waals surface area contributed by atoms with Crippen LogP contribution in [0.5, 0.6) is 11.5 Å². The average molecular weight is 324 g/mol. The Morgan fingerprint density at radius 3 is 2.48 bits per heavy atom. The van der Waals surface area contributed by atoms with Crippen molar-refractivity contribution in [1.82, 2.24) is 0 Å². The van der Waals surface area contributed by atoms with Gasteiger partial charge in [0.15, 0.2) is 11.5 Å². The summed E-state index contributed by atoms with van der Waals surface area (Å²) in [7, 11) is 1.26. The van der Waals surface area contributed by atoms with Gasteiger partial charge in [-0.05, 0) is 31.5 Å². The van der Waals surface area contributed by atoms with Crippen molar-refractivity contribution in [2.75, 3.05) is 7.11 Å². The third-order valence-electron chi connectivity index (χ3n) is 3.27. The van der Waals surface area contributed by atoms with Crippen LogP contribution in [0.4, 0.5) is 8.78 Å². The lowest BCUT2D eigenvalue weighted by atomic mass is 9.81. The lowest BCUT2D eigenvalue weighted by molar-refractivity contribution is -0.286. The molecule has 5 nitrogen and oxygen atoms in total. The monoisotopic (exact) mass is 323 g/mol. The van der Waals surface area contributed by atoms with E-state index in [9.17, 15) is 13.6 Å². The number of methoxy groups -OCH3 is 1. The Kier molecular flexibility index (Phi) is 4.70. The largest absolute Gasteiger partial charge is 0.586 e. The van der Waals surface area contributed by atoms with Crippen LogP contribution in [-0.2, 0) is 9.53 Å². The zero-order chi connectivity index (χ0) is 15.1. The third kappa shape index (κ3) is 3.19. The topological polar surface area (TPSA) is 70.8 Å². The summed E-state index contributed by atoms with van der Waals surface area (Å²) in [6.07, 6.45) is -3.68. The Hall–Kier alpha value is -1.60. The molecule has 0 amide bonds. The highest BCUT2D eigenvalue weighted by Gasteiger charge is 2.44. The fraction of sp³-hybridized carbons (Fsp3) is 0.462. The first kappa shape index (κ1) is 17.5. The third-order valence-corrected chi connectivity index (χ3v) is 3.27. The fourth-order valence-corrected chi connectivity index (χ4v) is 1.97. The number of alkyl halides is 2. The van der Waals surface area contributed by atoms with Crippen LogP contribution in [0.3, 0.4) is 0 Å². The van der Waals surface area contributed by atoms with E-state index in [1.165, 1.54) is 25.3 Å². The van der Waals surface area contributed by atoms with E-state index in [2.05, 4.69) is 14.2 Å². The predicted octanol–water partition coefficient (Wildman–Crippen LogP) is 2.63. The molecular formula is C13H16ClF2NO4. The van der Waals surface area contributed by atoms with Crippen molar-refractivity contribution in [3.63, 3.8) is 0 Å². The molecule has 2 N–H and O–H groups in total. The van der Waals surface area contributed by atoms with Gasteiger partial charge in [-0.15, -0.1) is 21.2 Å². The van der Waals surface area contributed by atoms with E-state index in [1.54, 1.807) is 13.8 Å². The molecule has 2 rings (SSSR count). The summed E-state index contributed by atoms with van der Waals surface area (Å²) < 4.78 is 39.2. The fourth-order valence-electron chi connectivity index (χ4n) is 1.97. The molecule has 1 aliphatic rings. The van der Waals surface area contributed by atoms with Crippen molar-refractivity contribution in [1.29, 1.82) is 0 Å². The molecule has 0 aliphatic carbocycles. The molecule has 1 heterocycles. The van der Waals surface area contributed by atoms with Crippen LogP contribution < -0.4 is 15.2 Å². The van der Waals surface area contributed by atoms with Crippen molar-refractivity contribution in [3.05, 3.63) is 23.8 Å². The van der Waals surface area contributed by atoms with Crippen LogP contribution in [0.1, 0.15) is 25.5 Å². The first-order chi connectivity index (χ1) is 9.17. The standard InChI is InChI=1S/C13H15F2NO4.ClH/c1-12(2,11(17)18-3)10(16)7-4-5-8-9(6-7)20-13(14,15)19-8;/h4-6,10H,16H2,1-3H3;1H/t10-;/m0./s1. The van der Waals surface area contributed by atoms with Gasteiger partial charge in [-0.2, -0.15) is 0 Å². The Balaban J connectivity index is 0.00000220. The molecule has 0 spiro atoms. The quantitative estimate of drug-likeness (QED) is 0.866. The van der Waals surface area contributed by atoms with Gasteiger partial charge in [0, 0.05) is 6.04 Å². The molecular weight excluding hydrogens is 308 g/mol.